The first-order valence-electron chi connectivity index (χ1n) is 4.11. The molecule has 0 amide bonds. The number of fused-ring (bicyclic) bond motifs is 1. The molecule has 1 aromatic heterocycles. The van der Waals surface area contributed by atoms with Crippen molar-refractivity contribution in [3.05, 3.63) is 29.3 Å². The lowest BCUT2D eigenvalue weighted by molar-refractivity contribution is 0.283. The van der Waals surface area contributed by atoms with E-state index in [1.165, 1.54) is 0 Å². The number of aliphatic hydroxyl groups excluding tert-OH is 1. The third kappa shape index (κ3) is 1.20. The average Bonchev–Trinajstić information content (AvgIpc) is 2.43. The molecule has 68 valence electrons. The summed E-state index contributed by atoms with van der Waals surface area (Å²) in [5.74, 6) is 0. The highest BCUT2D eigenvalue weighted by Crippen LogP contribution is 2.34. The SMILES string of the molecule is Cc1c(N)sc2cccc(CO)c12. The Bertz CT molecular complexity index is 447. The van der Waals surface area contributed by atoms with Crippen molar-refractivity contribution in [3.8, 4) is 0 Å². The second kappa shape index (κ2) is 3.01. The van der Waals surface area contributed by atoms with Gasteiger partial charge >= 0.3 is 0 Å². The number of aryl methyl sites for hydroxylation is 1. The van der Waals surface area contributed by atoms with E-state index < -0.39 is 0 Å². The van der Waals surface area contributed by atoms with E-state index >= 15 is 0 Å². The predicted octanol–water partition coefficient (Wildman–Crippen LogP) is 2.28. The van der Waals surface area contributed by atoms with Gasteiger partial charge in [-0.1, -0.05) is 12.1 Å². The highest BCUT2D eigenvalue weighted by molar-refractivity contribution is 7.22. The molecular weight excluding hydrogens is 182 g/mol. The van der Waals surface area contributed by atoms with Crippen LogP contribution in [0.2, 0.25) is 0 Å². The Morgan fingerprint density at radius 2 is 2.23 bits per heavy atom. The number of benzene rings is 1. The zero-order valence-corrected chi connectivity index (χ0v) is 8.19. The molecule has 0 aliphatic heterocycles. The van der Waals surface area contributed by atoms with Crippen molar-refractivity contribution < 1.29 is 5.11 Å². The van der Waals surface area contributed by atoms with Crippen LogP contribution in [-0.4, -0.2) is 5.11 Å². The summed E-state index contributed by atoms with van der Waals surface area (Å²) < 4.78 is 1.15. The van der Waals surface area contributed by atoms with Crippen LogP contribution in [-0.2, 0) is 6.61 Å². The van der Waals surface area contributed by atoms with Gasteiger partial charge in [0, 0.05) is 10.1 Å². The zero-order valence-electron chi connectivity index (χ0n) is 7.37. The minimum Gasteiger partial charge on any atom is -0.392 e. The van der Waals surface area contributed by atoms with Crippen LogP contribution in [0.3, 0.4) is 0 Å². The highest BCUT2D eigenvalue weighted by atomic mass is 32.1. The van der Waals surface area contributed by atoms with Crippen molar-refractivity contribution in [1.82, 2.24) is 0 Å². The fourth-order valence-electron chi connectivity index (χ4n) is 1.54. The van der Waals surface area contributed by atoms with E-state index in [0.29, 0.717) is 0 Å². The van der Waals surface area contributed by atoms with E-state index in [1.807, 2.05) is 25.1 Å². The predicted molar refractivity (Wildman–Crippen MR) is 56.9 cm³/mol. The highest BCUT2D eigenvalue weighted by Gasteiger charge is 2.08. The van der Waals surface area contributed by atoms with Crippen LogP contribution in [0.5, 0.6) is 0 Å². The number of hydrogen-bond donors (Lipinski definition) is 2. The molecule has 0 unspecified atom stereocenters. The maximum Gasteiger partial charge on any atom is 0.0898 e. The lowest BCUT2D eigenvalue weighted by Gasteiger charge is -1.99. The van der Waals surface area contributed by atoms with Gasteiger partial charge in [-0.05, 0) is 24.1 Å². The molecule has 0 spiro atoms. The molecule has 0 radical (unpaired) electrons. The largest absolute Gasteiger partial charge is 0.392 e. The second-order valence-electron chi connectivity index (χ2n) is 3.04. The van der Waals surface area contributed by atoms with Crippen LogP contribution in [0.25, 0.3) is 10.1 Å². The molecule has 3 N–H and O–H groups in total. The molecule has 0 aliphatic rings. The van der Waals surface area contributed by atoms with Gasteiger partial charge in [0.25, 0.3) is 0 Å². The van der Waals surface area contributed by atoms with Crippen LogP contribution in [0, 0.1) is 6.92 Å². The van der Waals surface area contributed by atoms with Gasteiger partial charge in [-0.3, -0.25) is 0 Å². The van der Waals surface area contributed by atoms with Gasteiger partial charge in [0.1, 0.15) is 0 Å². The number of aliphatic hydroxyl groups is 1. The maximum absolute atomic E-state index is 9.13. The Hall–Kier alpha value is -1.06. The Balaban J connectivity index is 2.87. The number of rotatable bonds is 1. The fourth-order valence-corrected chi connectivity index (χ4v) is 2.56. The van der Waals surface area contributed by atoms with Crippen LogP contribution < -0.4 is 5.73 Å². The number of nitrogen functional groups attached to an aromatic ring is 1. The first-order chi connectivity index (χ1) is 6.24. The van der Waals surface area contributed by atoms with E-state index in [-0.39, 0.29) is 6.61 Å². The van der Waals surface area contributed by atoms with Crippen LogP contribution >= 0.6 is 11.3 Å². The van der Waals surface area contributed by atoms with E-state index in [1.54, 1.807) is 11.3 Å². The molecule has 2 nitrogen and oxygen atoms in total. The Labute approximate surface area is 80.6 Å². The van der Waals surface area contributed by atoms with E-state index in [4.69, 9.17) is 10.8 Å². The number of nitrogens with two attached hydrogens (primary N) is 1. The molecule has 0 saturated carbocycles. The minimum absolute atomic E-state index is 0.0777. The summed E-state index contributed by atoms with van der Waals surface area (Å²) in [4.78, 5) is 0. The third-order valence-electron chi connectivity index (χ3n) is 2.25. The van der Waals surface area contributed by atoms with E-state index in [9.17, 15) is 0 Å². The van der Waals surface area contributed by atoms with Crippen molar-refractivity contribution in [1.29, 1.82) is 0 Å². The van der Waals surface area contributed by atoms with E-state index in [2.05, 4.69) is 0 Å². The van der Waals surface area contributed by atoms with Gasteiger partial charge in [-0.25, -0.2) is 0 Å². The molecule has 13 heavy (non-hydrogen) atoms. The smallest absolute Gasteiger partial charge is 0.0898 e. The van der Waals surface area contributed by atoms with Crippen LogP contribution in [0.4, 0.5) is 5.00 Å². The Morgan fingerprint density at radius 1 is 1.46 bits per heavy atom. The normalized spacial score (nSPS) is 10.9. The van der Waals surface area contributed by atoms with Crippen molar-refractivity contribution in [2.75, 3.05) is 5.73 Å². The van der Waals surface area contributed by atoms with Gasteiger partial charge < -0.3 is 10.8 Å². The summed E-state index contributed by atoms with van der Waals surface area (Å²) in [6.45, 7) is 2.07. The first kappa shape index (κ1) is 8.53. The molecule has 1 heterocycles. The maximum atomic E-state index is 9.13. The first-order valence-corrected chi connectivity index (χ1v) is 4.93. The third-order valence-corrected chi connectivity index (χ3v) is 3.33. The minimum atomic E-state index is 0.0777. The van der Waals surface area contributed by atoms with Gasteiger partial charge in [-0.15, -0.1) is 11.3 Å². The molecule has 2 rings (SSSR count). The Morgan fingerprint density at radius 3 is 2.92 bits per heavy atom. The van der Waals surface area contributed by atoms with Gasteiger partial charge in [0.2, 0.25) is 0 Å². The lowest BCUT2D eigenvalue weighted by Crippen LogP contribution is -1.86. The summed E-state index contributed by atoms with van der Waals surface area (Å²) in [6, 6.07) is 5.91. The Kier molecular flexibility index (Phi) is 1.98. The summed E-state index contributed by atoms with van der Waals surface area (Å²) in [5.41, 5.74) is 7.86. The monoisotopic (exact) mass is 193 g/mol. The number of hydrogen-bond acceptors (Lipinski definition) is 3. The van der Waals surface area contributed by atoms with E-state index in [0.717, 1.165) is 26.2 Å². The molecular formula is C10H11NOS. The van der Waals surface area contributed by atoms with Gasteiger partial charge in [0.05, 0.1) is 11.6 Å². The quantitative estimate of drug-likeness (QED) is 0.730. The summed E-state index contributed by atoms with van der Waals surface area (Å²) >= 11 is 1.57. The molecule has 0 fully saturated rings. The summed E-state index contributed by atoms with van der Waals surface area (Å²) in [6.07, 6.45) is 0. The lowest BCUT2D eigenvalue weighted by atomic mass is 10.1. The molecule has 1 aromatic carbocycles. The molecule has 0 bridgehead atoms. The fraction of sp³-hybridized carbons (Fsp3) is 0.200. The molecule has 3 heteroatoms. The number of anilines is 1. The number of thiophene rings is 1. The average molecular weight is 193 g/mol. The topological polar surface area (TPSA) is 46.2 Å². The van der Waals surface area contributed by atoms with Crippen LogP contribution in [0.15, 0.2) is 18.2 Å². The second-order valence-corrected chi connectivity index (χ2v) is 4.12. The standard InChI is InChI=1S/C10H11NOS/c1-6-9-7(5-12)3-2-4-8(9)13-10(6)11/h2-4,12H,5,11H2,1H3. The molecule has 0 saturated heterocycles. The molecule has 0 aliphatic carbocycles. The molecule has 2 aromatic rings. The van der Waals surface area contributed by atoms with Crippen molar-refractivity contribution in [2.45, 2.75) is 13.5 Å². The van der Waals surface area contributed by atoms with Crippen molar-refractivity contribution in [2.24, 2.45) is 0 Å². The summed E-state index contributed by atoms with van der Waals surface area (Å²) in [7, 11) is 0. The summed E-state index contributed by atoms with van der Waals surface area (Å²) in [5, 5.41) is 11.1. The van der Waals surface area contributed by atoms with Crippen molar-refractivity contribution in [3.63, 3.8) is 0 Å². The van der Waals surface area contributed by atoms with Gasteiger partial charge in [-0.2, -0.15) is 0 Å². The molecule has 0 atom stereocenters. The van der Waals surface area contributed by atoms with Gasteiger partial charge in [0.15, 0.2) is 0 Å². The zero-order chi connectivity index (χ0) is 9.42. The van der Waals surface area contributed by atoms with Crippen LogP contribution in [0.1, 0.15) is 11.1 Å². The van der Waals surface area contributed by atoms with Crippen molar-refractivity contribution >= 4 is 26.4 Å².